The van der Waals surface area contributed by atoms with Crippen LogP contribution in [0.1, 0.15) is 46.5 Å². The second-order valence-corrected chi connectivity index (χ2v) is 6.12. The maximum absolute atomic E-state index is 9.40. The van der Waals surface area contributed by atoms with Crippen molar-refractivity contribution in [1.29, 1.82) is 5.26 Å². The standard InChI is InChI=1S/C15H26N2O/c1-4-14-10-18-12(3)9-17(14)15-7-11(2)5-6-13(15)8-16/h11-15H,4-7,9-10H2,1-3H3. The van der Waals surface area contributed by atoms with Crippen LogP contribution in [0.15, 0.2) is 0 Å². The molecule has 3 heteroatoms. The Labute approximate surface area is 111 Å². The highest BCUT2D eigenvalue weighted by Crippen LogP contribution is 2.34. The van der Waals surface area contributed by atoms with Crippen LogP contribution in [-0.2, 0) is 4.74 Å². The highest BCUT2D eigenvalue weighted by molar-refractivity contribution is 4.99. The smallest absolute Gasteiger partial charge is 0.0674 e. The van der Waals surface area contributed by atoms with Crippen molar-refractivity contribution in [2.75, 3.05) is 13.2 Å². The Morgan fingerprint density at radius 3 is 2.78 bits per heavy atom. The van der Waals surface area contributed by atoms with Crippen LogP contribution in [0.25, 0.3) is 0 Å². The summed E-state index contributed by atoms with van der Waals surface area (Å²) in [6.45, 7) is 8.53. The van der Waals surface area contributed by atoms with Gasteiger partial charge in [0, 0.05) is 18.6 Å². The molecule has 5 unspecified atom stereocenters. The average molecular weight is 250 g/mol. The molecule has 0 aromatic rings. The molecule has 5 atom stereocenters. The van der Waals surface area contributed by atoms with Gasteiger partial charge in [0.15, 0.2) is 0 Å². The summed E-state index contributed by atoms with van der Waals surface area (Å²) in [6, 6.07) is 3.51. The minimum atomic E-state index is 0.223. The maximum atomic E-state index is 9.40. The Morgan fingerprint density at radius 1 is 1.33 bits per heavy atom. The predicted molar refractivity (Wildman–Crippen MR) is 72.1 cm³/mol. The second-order valence-electron chi connectivity index (χ2n) is 6.12. The van der Waals surface area contributed by atoms with Gasteiger partial charge in [-0.25, -0.2) is 0 Å². The summed E-state index contributed by atoms with van der Waals surface area (Å²) >= 11 is 0. The van der Waals surface area contributed by atoms with Crippen LogP contribution >= 0.6 is 0 Å². The van der Waals surface area contributed by atoms with Crippen LogP contribution in [0.2, 0.25) is 0 Å². The molecule has 0 aromatic heterocycles. The quantitative estimate of drug-likeness (QED) is 0.756. The molecule has 1 aliphatic carbocycles. The van der Waals surface area contributed by atoms with E-state index in [1.54, 1.807) is 0 Å². The van der Waals surface area contributed by atoms with Gasteiger partial charge >= 0.3 is 0 Å². The highest BCUT2D eigenvalue weighted by Gasteiger charge is 2.38. The molecular weight excluding hydrogens is 224 g/mol. The number of hydrogen-bond acceptors (Lipinski definition) is 3. The zero-order valence-electron chi connectivity index (χ0n) is 11.9. The van der Waals surface area contributed by atoms with Crippen molar-refractivity contribution >= 4 is 0 Å². The van der Waals surface area contributed by atoms with E-state index in [0.717, 1.165) is 31.9 Å². The number of nitrogens with zero attached hydrogens (tertiary/aromatic N) is 2. The van der Waals surface area contributed by atoms with Gasteiger partial charge in [-0.3, -0.25) is 4.90 Å². The molecule has 18 heavy (non-hydrogen) atoms. The molecule has 102 valence electrons. The summed E-state index contributed by atoms with van der Waals surface area (Å²) in [5.41, 5.74) is 0. The zero-order chi connectivity index (χ0) is 13.1. The summed E-state index contributed by atoms with van der Waals surface area (Å²) < 4.78 is 5.77. The lowest BCUT2D eigenvalue weighted by molar-refractivity contribution is -0.0858. The Hall–Kier alpha value is -0.590. The predicted octanol–water partition coefficient (Wildman–Crippen LogP) is 2.81. The summed E-state index contributed by atoms with van der Waals surface area (Å²) in [7, 11) is 0. The van der Waals surface area contributed by atoms with E-state index < -0.39 is 0 Å². The van der Waals surface area contributed by atoms with Gasteiger partial charge in [0.25, 0.3) is 0 Å². The SMILES string of the molecule is CCC1COC(C)CN1C1CC(C)CCC1C#N. The third-order valence-electron chi connectivity index (χ3n) is 4.65. The first-order chi connectivity index (χ1) is 8.65. The minimum absolute atomic E-state index is 0.223. The van der Waals surface area contributed by atoms with E-state index in [9.17, 15) is 5.26 Å². The van der Waals surface area contributed by atoms with Crippen LogP contribution in [-0.4, -0.2) is 36.2 Å². The van der Waals surface area contributed by atoms with Crippen molar-refractivity contribution in [2.45, 2.75) is 64.6 Å². The average Bonchev–Trinajstić information content (AvgIpc) is 2.38. The molecule has 1 saturated heterocycles. The topological polar surface area (TPSA) is 36.3 Å². The van der Waals surface area contributed by atoms with E-state index in [0.29, 0.717) is 18.2 Å². The third-order valence-corrected chi connectivity index (χ3v) is 4.65. The van der Waals surface area contributed by atoms with Gasteiger partial charge in [-0.1, -0.05) is 13.8 Å². The lowest BCUT2D eigenvalue weighted by Crippen LogP contribution is -2.56. The maximum Gasteiger partial charge on any atom is 0.0674 e. The largest absolute Gasteiger partial charge is 0.376 e. The molecule has 0 amide bonds. The Morgan fingerprint density at radius 2 is 2.11 bits per heavy atom. The van der Waals surface area contributed by atoms with Crippen LogP contribution in [0.5, 0.6) is 0 Å². The van der Waals surface area contributed by atoms with Crippen molar-refractivity contribution in [3.8, 4) is 6.07 Å². The molecule has 2 fully saturated rings. The molecule has 0 bridgehead atoms. The first kappa shape index (κ1) is 13.8. The van der Waals surface area contributed by atoms with Crippen LogP contribution < -0.4 is 0 Å². The molecular formula is C15H26N2O. The molecule has 3 nitrogen and oxygen atoms in total. The normalized spacial score (nSPS) is 42.4. The van der Waals surface area contributed by atoms with Crippen molar-refractivity contribution in [3.63, 3.8) is 0 Å². The molecule has 0 aromatic carbocycles. The minimum Gasteiger partial charge on any atom is -0.376 e. The number of ether oxygens (including phenoxy) is 1. The third kappa shape index (κ3) is 2.87. The van der Waals surface area contributed by atoms with Crippen LogP contribution in [0.4, 0.5) is 0 Å². The number of rotatable bonds is 2. The van der Waals surface area contributed by atoms with Gasteiger partial charge < -0.3 is 4.74 Å². The first-order valence-electron chi connectivity index (χ1n) is 7.42. The van der Waals surface area contributed by atoms with E-state index in [2.05, 4.69) is 31.7 Å². The van der Waals surface area contributed by atoms with Crippen molar-refractivity contribution in [3.05, 3.63) is 0 Å². The Bertz CT molecular complexity index is 312. The van der Waals surface area contributed by atoms with Gasteiger partial charge in [0.1, 0.15) is 0 Å². The number of nitriles is 1. The molecule has 1 aliphatic heterocycles. The fraction of sp³-hybridized carbons (Fsp3) is 0.933. The number of hydrogen-bond donors (Lipinski definition) is 0. The van der Waals surface area contributed by atoms with Gasteiger partial charge in [-0.15, -0.1) is 0 Å². The first-order valence-corrected chi connectivity index (χ1v) is 7.42. The van der Waals surface area contributed by atoms with Gasteiger partial charge in [0.05, 0.1) is 24.7 Å². The van der Waals surface area contributed by atoms with Crippen LogP contribution in [0.3, 0.4) is 0 Å². The fourth-order valence-electron chi connectivity index (χ4n) is 3.50. The fourth-order valence-corrected chi connectivity index (χ4v) is 3.50. The molecule has 2 aliphatic rings. The number of morpholine rings is 1. The Kier molecular flexibility index (Phi) is 4.64. The van der Waals surface area contributed by atoms with E-state index in [1.807, 2.05) is 0 Å². The van der Waals surface area contributed by atoms with E-state index in [4.69, 9.17) is 4.74 Å². The molecule has 2 rings (SSSR count). The second kappa shape index (κ2) is 6.04. The monoisotopic (exact) mass is 250 g/mol. The van der Waals surface area contributed by atoms with Gasteiger partial charge in [-0.05, 0) is 38.5 Å². The van der Waals surface area contributed by atoms with E-state index in [-0.39, 0.29) is 5.92 Å². The lowest BCUT2D eigenvalue weighted by atomic mass is 9.78. The van der Waals surface area contributed by atoms with E-state index in [1.165, 1.54) is 12.8 Å². The molecule has 0 N–H and O–H groups in total. The van der Waals surface area contributed by atoms with E-state index >= 15 is 0 Å². The molecule has 1 heterocycles. The summed E-state index contributed by atoms with van der Waals surface area (Å²) in [5, 5.41) is 9.40. The summed E-state index contributed by atoms with van der Waals surface area (Å²) in [4.78, 5) is 2.58. The molecule has 0 spiro atoms. The van der Waals surface area contributed by atoms with Crippen molar-refractivity contribution < 1.29 is 4.74 Å². The lowest BCUT2D eigenvalue weighted by Gasteiger charge is -2.47. The summed E-state index contributed by atoms with van der Waals surface area (Å²) in [6.07, 6.45) is 4.90. The Balaban J connectivity index is 2.12. The molecule has 1 saturated carbocycles. The van der Waals surface area contributed by atoms with Gasteiger partial charge in [0.2, 0.25) is 0 Å². The zero-order valence-corrected chi connectivity index (χ0v) is 11.9. The van der Waals surface area contributed by atoms with Crippen molar-refractivity contribution in [2.24, 2.45) is 11.8 Å². The van der Waals surface area contributed by atoms with Crippen LogP contribution in [0, 0.1) is 23.2 Å². The highest BCUT2D eigenvalue weighted by atomic mass is 16.5. The molecule has 0 radical (unpaired) electrons. The summed E-state index contributed by atoms with van der Waals surface area (Å²) in [5.74, 6) is 0.982. The van der Waals surface area contributed by atoms with Crippen molar-refractivity contribution in [1.82, 2.24) is 4.90 Å². The van der Waals surface area contributed by atoms with Gasteiger partial charge in [-0.2, -0.15) is 5.26 Å².